The number of allylic oxidation sites excluding steroid dienone is 1. The van der Waals surface area contributed by atoms with Crippen LogP contribution in [0.15, 0.2) is 11.6 Å². The molecule has 30 heavy (non-hydrogen) atoms. The molecule has 4 fully saturated rings. The molecule has 168 valence electrons. The van der Waals surface area contributed by atoms with Gasteiger partial charge in [0.1, 0.15) is 5.60 Å². The van der Waals surface area contributed by atoms with E-state index in [-0.39, 0.29) is 28.5 Å². The number of ketones is 1. The van der Waals surface area contributed by atoms with Crippen molar-refractivity contribution in [1.29, 1.82) is 0 Å². The Bertz CT molecular complexity index is 770. The van der Waals surface area contributed by atoms with E-state index in [0.29, 0.717) is 24.0 Å². The monoisotopic (exact) mass is 414 g/mol. The van der Waals surface area contributed by atoms with Gasteiger partial charge < -0.3 is 9.84 Å². The van der Waals surface area contributed by atoms with Crippen LogP contribution in [0.2, 0.25) is 0 Å². The molecule has 5 aliphatic rings. The van der Waals surface area contributed by atoms with Gasteiger partial charge in [0.2, 0.25) is 0 Å². The van der Waals surface area contributed by atoms with Crippen molar-refractivity contribution in [1.82, 2.24) is 0 Å². The zero-order valence-electron chi connectivity index (χ0n) is 19.8. The Labute approximate surface area is 183 Å². The number of rotatable bonds is 5. The molecule has 8 unspecified atom stereocenters. The number of hydrogen-bond acceptors (Lipinski definition) is 3. The highest BCUT2D eigenvalue weighted by Crippen LogP contribution is 2.79. The molecule has 4 aliphatic carbocycles. The van der Waals surface area contributed by atoms with Gasteiger partial charge in [-0.1, -0.05) is 60.0 Å². The van der Waals surface area contributed by atoms with Crippen LogP contribution in [0.1, 0.15) is 98.8 Å². The fraction of sp³-hybridized carbons (Fsp3) is 0.889. The van der Waals surface area contributed by atoms with Crippen LogP contribution in [-0.2, 0) is 9.53 Å². The van der Waals surface area contributed by atoms with Crippen LogP contribution < -0.4 is 0 Å². The molecule has 3 saturated carbocycles. The molecule has 0 aromatic carbocycles. The average Bonchev–Trinajstić information content (AvgIpc) is 3.28. The van der Waals surface area contributed by atoms with Crippen molar-refractivity contribution in [3.8, 4) is 0 Å². The molecule has 8 atom stereocenters. The molecule has 5 rings (SSSR count). The fourth-order valence-corrected chi connectivity index (χ4v) is 8.71. The number of carbonyl (C=O) groups is 1. The Morgan fingerprint density at radius 2 is 1.93 bits per heavy atom. The van der Waals surface area contributed by atoms with E-state index in [0.717, 1.165) is 44.4 Å². The maximum Gasteiger partial charge on any atom is 0.178 e. The molecule has 1 heterocycles. The van der Waals surface area contributed by atoms with Crippen molar-refractivity contribution in [3.63, 3.8) is 0 Å². The van der Waals surface area contributed by atoms with Gasteiger partial charge in [0.25, 0.3) is 0 Å². The summed E-state index contributed by atoms with van der Waals surface area (Å²) in [6.45, 7) is 11.9. The van der Waals surface area contributed by atoms with E-state index in [4.69, 9.17) is 4.74 Å². The molecule has 1 aliphatic heterocycles. The smallest absolute Gasteiger partial charge is 0.178 e. The number of Topliss-reactive ketones (excluding diaryl/α,β-unsaturated/α-hetero) is 1. The Morgan fingerprint density at radius 3 is 2.67 bits per heavy atom. The van der Waals surface area contributed by atoms with Crippen molar-refractivity contribution >= 4 is 5.78 Å². The summed E-state index contributed by atoms with van der Waals surface area (Å²) in [5, 5.41) is 10.3. The summed E-state index contributed by atoms with van der Waals surface area (Å²) in [6.07, 6.45) is 12.6. The van der Waals surface area contributed by atoms with Crippen LogP contribution in [-0.4, -0.2) is 28.2 Å². The lowest BCUT2D eigenvalue weighted by Crippen LogP contribution is -2.61. The van der Waals surface area contributed by atoms with Gasteiger partial charge in [-0.25, -0.2) is 0 Å². The summed E-state index contributed by atoms with van der Waals surface area (Å²) >= 11 is 0. The highest BCUT2D eigenvalue weighted by atomic mass is 16.6. The topological polar surface area (TPSA) is 49.8 Å². The lowest BCUT2D eigenvalue weighted by Gasteiger charge is -2.55. The standard InChI is InChI=1S/C27H42O3/c1-17(2)7-6-8-18(3)21-9-10-22-24(21,4)13-14-26-25(5)12-11-20(28)15-19(25)16-23(29)27(22,26)30-26/h10,17-21,28H,6-9,11-16H2,1-5H3. The van der Waals surface area contributed by atoms with Crippen molar-refractivity contribution in [2.75, 3.05) is 0 Å². The molecule has 0 bridgehead atoms. The van der Waals surface area contributed by atoms with Gasteiger partial charge >= 0.3 is 0 Å². The molecular formula is C27H42O3. The molecule has 3 heteroatoms. The van der Waals surface area contributed by atoms with E-state index in [2.05, 4.69) is 40.7 Å². The second-order valence-electron chi connectivity index (χ2n) is 12.5. The molecule has 0 spiro atoms. The lowest BCUT2D eigenvalue weighted by molar-refractivity contribution is -0.132. The first-order valence-corrected chi connectivity index (χ1v) is 12.7. The first-order chi connectivity index (χ1) is 14.1. The first kappa shape index (κ1) is 21.2. The van der Waals surface area contributed by atoms with Crippen molar-refractivity contribution < 1.29 is 14.6 Å². The number of ether oxygens (including phenoxy) is 1. The highest BCUT2D eigenvalue weighted by Gasteiger charge is 2.87. The SMILES string of the molecule is CC(C)CCCC(C)C1CC=C2C1(C)CCC13OC21C(=O)CC1CC(O)CCC13C. The second kappa shape index (κ2) is 6.67. The van der Waals surface area contributed by atoms with Gasteiger partial charge in [0.15, 0.2) is 11.4 Å². The summed E-state index contributed by atoms with van der Waals surface area (Å²) in [6, 6.07) is 0. The zero-order valence-corrected chi connectivity index (χ0v) is 19.8. The van der Waals surface area contributed by atoms with E-state index >= 15 is 0 Å². The number of aliphatic hydroxyl groups excluding tert-OH is 1. The number of hydrogen-bond donors (Lipinski definition) is 1. The van der Waals surface area contributed by atoms with Crippen LogP contribution in [0.3, 0.4) is 0 Å². The quantitative estimate of drug-likeness (QED) is 0.454. The minimum atomic E-state index is -0.625. The van der Waals surface area contributed by atoms with Crippen LogP contribution in [0.4, 0.5) is 0 Å². The number of carbonyl (C=O) groups excluding carboxylic acids is 1. The minimum absolute atomic E-state index is 0.0310. The Kier molecular flexibility index (Phi) is 4.71. The number of aliphatic hydroxyl groups is 1. The van der Waals surface area contributed by atoms with Crippen LogP contribution in [0.25, 0.3) is 0 Å². The van der Waals surface area contributed by atoms with Gasteiger partial charge in [0, 0.05) is 11.8 Å². The van der Waals surface area contributed by atoms with Crippen LogP contribution in [0, 0.1) is 34.5 Å². The van der Waals surface area contributed by atoms with E-state index in [1.165, 1.54) is 24.8 Å². The van der Waals surface area contributed by atoms with Crippen LogP contribution in [0.5, 0.6) is 0 Å². The minimum Gasteiger partial charge on any atom is -0.393 e. The van der Waals surface area contributed by atoms with Crippen molar-refractivity contribution in [3.05, 3.63) is 11.6 Å². The fourth-order valence-electron chi connectivity index (χ4n) is 8.71. The molecule has 1 saturated heterocycles. The molecule has 3 nitrogen and oxygen atoms in total. The summed E-state index contributed by atoms with van der Waals surface area (Å²) < 4.78 is 6.75. The molecule has 0 aromatic rings. The van der Waals surface area contributed by atoms with Gasteiger partial charge in [-0.3, -0.25) is 4.79 Å². The highest BCUT2D eigenvalue weighted by molar-refractivity contribution is 5.98. The van der Waals surface area contributed by atoms with E-state index in [9.17, 15) is 9.90 Å². The predicted octanol–water partition coefficient (Wildman–Crippen LogP) is 5.84. The molecular weight excluding hydrogens is 372 g/mol. The summed E-state index contributed by atoms with van der Waals surface area (Å²) in [7, 11) is 0. The Morgan fingerprint density at radius 1 is 1.17 bits per heavy atom. The normalized spacial score (nSPS) is 50.3. The third-order valence-electron chi connectivity index (χ3n) is 10.6. The van der Waals surface area contributed by atoms with Crippen LogP contribution >= 0.6 is 0 Å². The molecule has 0 amide bonds. The second-order valence-corrected chi connectivity index (χ2v) is 12.5. The summed E-state index contributed by atoms with van der Waals surface area (Å²) in [4.78, 5) is 13.7. The molecule has 0 radical (unpaired) electrons. The van der Waals surface area contributed by atoms with Gasteiger partial charge in [0.05, 0.1) is 6.10 Å². The number of fused-ring (bicyclic) bond motifs is 2. The average molecular weight is 415 g/mol. The van der Waals surface area contributed by atoms with Gasteiger partial charge in [-0.15, -0.1) is 0 Å². The van der Waals surface area contributed by atoms with Gasteiger partial charge in [-0.05, 0) is 73.2 Å². The molecule has 1 N–H and O–H groups in total. The number of epoxide rings is 1. The predicted molar refractivity (Wildman–Crippen MR) is 119 cm³/mol. The lowest BCUT2D eigenvalue weighted by atomic mass is 9.45. The van der Waals surface area contributed by atoms with Gasteiger partial charge in [-0.2, -0.15) is 0 Å². The van der Waals surface area contributed by atoms with E-state index in [1.54, 1.807) is 0 Å². The van der Waals surface area contributed by atoms with Crippen molar-refractivity contribution in [2.24, 2.45) is 34.5 Å². The summed E-state index contributed by atoms with van der Waals surface area (Å²) in [5.41, 5.74) is 0.590. The van der Waals surface area contributed by atoms with Crippen molar-refractivity contribution in [2.45, 2.75) is 116 Å². The Hall–Kier alpha value is -0.670. The maximum atomic E-state index is 13.7. The largest absolute Gasteiger partial charge is 0.393 e. The zero-order chi connectivity index (χ0) is 21.5. The first-order valence-electron chi connectivity index (χ1n) is 12.7. The molecule has 0 aromatic heterocycles. The third kappa shape index (κ3) is 2.48. The van der Waals surface area contributed by atoms with E-state index < -0.39 is 5.60 Å². The van der Waals surface area contributed by atoms with E-state index in [1.807, 2.05) is 0 Å². The maximum absolute atomic E-state index is 13.7. The Balaban J connectivity index is 1.42. The summed E-state index contributed by atoms with van der Waals surface area (Å²) in [5.74, 6) is 2.72. The third-order valence-corrected chi connectivity index (χ3v) is 10.6.